The third kappa shape index (κ3) is 2.49. The Morgan fingerprint density at radius 3 is 2.46 bits per heavy atom. The Hall–Kier alpha value is -3.82. The van der Waals surface area contributed by atoms with Gasteiger partial charge in [-0.2, -0.15) is 13.2 Å². The second-order valence-electron chi connectivity index (χ2n) is 6.07. The van der Waals surface area contributed by atoms with E-state index in [1.807, 2.05) is 0 Å². The summed E-state index contributed by atoms with van der Waals surface area (Å²) in [5.41, 5.74) is -1.21. The third-order valence-electron chi connectivity index (χ3n) is 4.47. The van der Waals surface area contributed by atoms with Gasteiger partial charge in [0.2, 0.25) is 0 Å². The summed E-state index contributed by atoms with van der Waals surface area (Å²) < 4.78 is 39.8. The van der Waals surface area contributed by atoms with Crippen molar-refractivity contribution in [1.82, 2.24) is 0 Å². The number of carbonyl (C=O) groups is 2. The van der Waals surface area contributed by atoms with Gasteiger partial charge in [0.25, 0.3) is 5.91 Å². The molecule has 0 atom stereocenters. The molecule has 10 heteroatoms. The number of carbonyl (C=O) groups excluding carboxylic acids is 1. The number of carboxylic acids is 1. The van der Waals surface area contributed by atoms with E-state index in [2.05, 4.69) is 15.8 Å². The first-order valence-corrected chi connectivity index (χ1v) is 7.85. The predicted molar refractivity (Wildman–Crippen MR) is 92.3 cm³/mol. The number of alkyl halides is 3. The summed E-state index contributed by atoms with van der Waals surface area (Å²) in [5.74, 6) is -2.01. The van der Waals surface area contributed by atoms with Gasteiger partial charge >= 0.3 is 12.1 Å². The Bertz CT molecular complexity index is 1120. The molecule has 2 aromatic carbocycles. The van der Waals surface area contributed by atoms with Crippen molar-refractivity contribution >= 4 is 34.5 Å². The van der Waals surface area contributed by atoms with Crippen molar-refractivity contribution in [3.8, 4) is 0 Å². The van der Waals surface area contributed by atoms with E-state index in [1.54, 1.807) is 0 Å². The van der Waals surface area contributed by atoms with Crippen LogP contribution in [0.4, 0.5) is 24.5 Å². The molecule has 7 nitrogen and oxygen atoms in total. The molecule has 0 bridgehead atoms. The standard InChI is InChI=1S/C18H10F3N3O4/c19-18(20,21)10-3-1-2-8-12(16(25)23-13(8)10)15-14(24-28)9-6-7(17(26)27)4-5-11(9)22-15/h1-6,22,28H,(H,23,25)(H,26,27)/b15-12-,24-14+. The highest BCUT2D eigenvalue weighted by Crippen LogP contribution is 2.44. The van der Waals surface area contributed by atoms with Crippen LogP contribution in [0, 0.1) is 0 Å². The molecule has 2 aliphatic rings. The molecule has 2 aromatic rings. The highest BCUT2D eigenvalue weighted by atomic mass is 19.4. The molecule has 4 rings (SSSR count). The number of aromatic carboxylic acids is 1. The van der Waals surface area contributed by atoms with Gasteiger partial charge in [0, 0.05) is 16.8 Å². The van der Waals surface area contributed by atoms with Gasteiger partial charge in [-0.25, -0.2) is 4.79 Å². The lowest BCUT2D eigenvalue weighted by atomic mass is 9.99. The number of hydrogen-bond donors (Lipinski definition) is 4. The molecule has 0 unspecified atom stereocenters. The van der Waals surface area contributed by atoms with Gasteiger partial charge in [0.1, 0.15) is 5.71 Å². The van der Waals surface area contributed by atoms with Crippen LogP contribution in [-0.4, -0.2) is 27.9 Å². The second-order valence-corrected chi connectivity index (χ2v) is 6.07. The van der Waals surface area contributed by atoms with Gasteiger partial charge in [-0.3, -0.25) is 4.79 Å². The van der Waals surface area contributed by atoms with Crippen molar-refractivity contribution in [3.63, 3.8) is 0 Å². The number of fused-ring (bicyclic) bond motifs is 2. The van der Waals surface area contributed by atoms with Gasteiger partial charge in [0.15, 0.2) is 0 Å². The number of oxime groups is 1. The Kier molecular flexibility index (Phi) is 3.67. The minimum Gasteiger partial charge on any atom is -0.478 e. The molecule has 0 saturated carbocycles. The Morgan fingerprint density at radius 1 is 1.07 bits per heavy atom. The van der Waals surface area contributed by atoms with E-state index in [9.17, 15) is 28.0 Å². The van der Waals surface area contributed by atoms with Gasteiger partial charge < -0.3 is 20.9 Å². The number of anilines is 2. The van der Waals surface area contributed by atoms with E-state index < -0.39 is 23.6 Å². The topological polar surface area (TPSA) is 111 Å². The zero-order valence-electron chi connectivity index (χ0n) is 13.8. The smallest absolute Gasteiger partial charge is 0.418 e. The van der Waals surface area contributed by atoms with Crippen molar-refractivity contribution in [1.29, 1.82) is 0 Å². The Morgan fingerprint density at radius 2 is 1.82 bits per heavy atom. The molecule has 0 radical (unpaired) electrons. The summed E-state index contributed by atoms with van der Waals surface area (Å²) >= 11 is 0. The van der Waals surface area contributed by atoms with E-state index in [-0.39, 0.29) is 39.4 Å². The average molecular weight is 389 g/mol. The molecule has 28 heavy (non-hydrogen) atoms. The van der Waals surface area contributed by atoms with E-state index in [0.29, 0.717) is 5.69 Å². The second kappa shape index (κ2) is 5.84. The molecular weight excluding hydrogens is 379 g/mol. The quantitative estimate of drug-likeness (QED) is 0.340. The molecule has 2 aliphatic heterocycles. The lowest BCUT2D eigenvalue weighted by molar-refractivity contribution is -0.136. The maximum atomic E-state index is 13.3. The zero-order valence-corrected chi connectivity index (χ0v) is 13.8. The van der Waals surface area contributed by atoms with E-state index in [0.717, 1.165) is 6.07 Å². The van der Waals surface area contributed by atoms with Crippen LogP contribution in [0.2, 0.25) is 0 Å². The van der Waals surface area contributed by atoms with Crippen molar-refractivity contribution in [2.24, 2.45) is 5.16 Å². The lowest BCUT2D eigenvalue weighted by Crippen LogP contribution is -2.13. The Labute approximate surface area is 154 Å². The van der Waals surface area contributed by atoms with Gasteiger partial charge in [-0.1, -0.05) is 17.3 Å². The summed E-state index contributed by atoms with van der Waals surface area (Å²) in [7, 11) is 0. The maximum Gasteiger partial charge on any atom is 0.418 e. The maximum absolute atomic E-state index is 13.3. The highest BCUT2D eigenvalue weighted by Gasteiger charge is 2.41. The van der Waals surface area contributed by atoms with Crippen LogP contribution < -0.4 is 10.6 Å². The summed E-state index contributed by atoms with van der Waals surface area (Å²) in [6.07, 6.45) is -4.67. The molecule has 142 valence electrons. The molecule has 4 N–H and O–H groups in total. The molecular formula is C18H10F3N3O4. The Balaban J connectivity index is 1.92. The normalized spacial score (nSPS) is 19.2. The highest BCUT2D eigenvalue weighted by molar-refractivity contribution is 6.40. The first-order chi connectivity index (χ1) is 13.2. The molecule has 0 fully saturated rings. The minimum atomic E-state index is -4.67. The van der Waals surface area contributed by atoms with Gasteiger partial charge in [-0.05, 0) is 24.3 Å². The first-order valence-electron chi connectivity index (χ1n) is 7.85. The van der Waals surface area contributed by atoms with Crippen LogP contribution in [0.15, 0.2) is 47.3 Å². The zero-order chi connectivity index (χ0) is 20.2. The monoisotopic (exact) mass is 389 g/mol. The van der Waals surface area contributed by atoms with E-state index in [1.165, 1.54) is 30.3 Å². The molecule has 2 heterocycles. The summed E-state index contributed by atoms with van der Waals surface area (Å²) in [6.45, 7) is 0. The summed E-state index contributed by atoms with van der Waals surface area (Å²) in [5, 5.41) is 26.7. The van der Waals surface area contributed by atoms with Crippen molar-refractivity contribution in [3.05, 3.63) is 64.3 Å². The average Bonchev–Trinajstić information content (AvgIpc) is 3.15. The number of rotatable bonds is 1. The van der Waals surface area contributed by atoms with E-state index in [4.69, 9.17) is 5.11 Å². The number of para-hydroxylation sites is 1. The molecule has 0 saturated heterocycles. The lowest BCUT2D eigenvalue weighted by Gasteiger charge is -2.11. The summed E-state index contributed by atoms with van der Waals surface area (Å²) in [6, 6.07) is 7.32. The number of nitrogens with zero attached hydrogens (tertiary/aromatic N) is 1. The van der Waals surface area contributed by atoms with Crippen LogP contribution >= 0.6 is 0 Å². The number of benzene rings is 2. The van der Waals surface area contributed by atoms with Gasteiger partial charge in [0.05, 0.1) is 28.1 Å². The van der Waals surface area contributed by atoms with E-state index >= 15 is 0 Å². The van der Waals surface area contributed by atoms with Crippen LogP contribution in [-0.2, 0) is 11.0 Å². The predicted octanol–water partition coefficient (Wildman–Crippen LogP) is 3.37. The molecule has 1 amide bonds. The number of allylic oxidation sites excluding steroid dienone is 1. The first kappa shape index (κ1) is 17.6. The van der Waals surface area contributed by atoms with Crippen LogP contribution in [0.25, 0.3) is 5.57 Å². The van der Waals surface area contributed by atoms with Gasteiger partial charge in [-0.15, -0.1) is 0 Å². The number of amides is 1. The number of halogens is 3. The summed E-state index contributed by atoms with van der Waals surface area (Å²) in [4.78, 5) is 23.7. The van der Waals surface area contributed by atoms with Crippen molar-refractivity contribution in [2.75, 3.05) is 10.6 Å². The number of nitrogens with one attached hydrogen (secondary N) is 2. The minimum absolute atomic E-state index is 0.00487. The fraction of sp³-hybridized carbons (Fsp3) is 0.0556. The largest absolute Gasteiger partial charge is 0.478 e. The number of carboxylic acid groups (broad SMARTS) is 1. The fourth-order valence-corrected chi connectivity index (χ4v) is 3.27. The molecule has 0 spiro atoms. The molecule has 0 aromatic heterocycles. The van der Waals surface area contributed by atoms with Crippen LogP contribution in [0.1, 0.15) is 27.0 Å². The molecule has 0 aliphatic carbocycles. The van der Waals surface area contributed by atoms with Crippen LogP contribution in [0.5, 0.6) is 0 Å². The number of hydrogen-bond acceptors (Lipinski definition) is 5. The fourth-order valence-electron chi connectivity index (χ4n) is 3.27. The third-order valence-corrected chi connectivity index (χ3v) is 4.47. The van der Waals surface area contributed by atoms with Crippen LogP contribution in [0.3, 0.4) is 0 Å². The van der Waals surface area contributed by atoms with Crippen molar-refractivity contribution in [2.45, 2.75) is 6.18 Å². The SMILES string of the molecule is O=C1Nc2c(cccc2C(F)(F)F)/C1=C1/Nc2ccc(C(=O)O)cc2/C1=N\O. The van der Waals surface area contributed by atoms with Crippen molar-refractivity contribution < 1.29 is 33.1 Å².